The van der Waals surface area contributed by atoms with Gasteiger partial charge in [0.2, 0.25) is 5.91 Å². The Morgan fingerprint density at radius 3 is 2.26 bits per heavy atom. The molecule has 2 aromatic carbocycles. The lowest BCUT2D eigenvalue weighted by Gasteiger charge is -2.13. The van der Waals surface area contributed by atoms with Crippen LogP contribution in [0.25, 0.3) is 0 Å². The van der Waals surface area contributed by atoms with E-state index in [4.69, 9.17) is 0 Å². The molecule has 2 rings (SSSR count). The number of carbonyl (C=O) groups is 1. The van der Waals surface area contributed by atoms with Crippen molar-refractivity contribution in [1.82, 2.24) is 0 Å². The number of rotatable bonds is 6. The lowest BCUT2D eigenvalue weighted by molar-refractivity contribution is -0.115. The number of hydrogen-bond donors (Lipinski definition) is 2. The molecule has 2 N–H and O–H groups in total. The number of carbonyl (C=O) groups excluding carboxylic acids is 1. The largest absolute Gasteiger partial charge is 0.385 e. The summed E-state index contributed by atoms with van der Waals surface area (Å²) < 4.78 is 25.9. The highest BCUT2D eigenvalue weighted by Crippen LogP contribution is 2.16. The van der Waals surface area contributed by atoms with Gasteiger partial charge in [-0.1, -0.05) is 0 Å². The lowest BCUT2D eigenvalue weighted by Crippen LogP contribution is -2.16. The van der Waals surface area contributed by atoms with Gasteiger partial charge in [0.05, 0.1) is 0 Å². The monoisotopic (exact) mass is 319 g/mol. The normalized spacial score (nSPS) is 10.3. The summed E-state index contributed by atoms with van der Waals surface area (Å²) >= 11 is 0. The maximum Gasteiger partial charge on any atom is 0.226 e. The maximum atomic E-state index is 13.1. The van der Waals surface area contributed by atoms with Gasteiger partial charge in [0, 0.05) is 50.2 Å². The molecule has 0 heterocycles. The number of amides is 1. The lowest BCUT2D eigenvalue weighted by atomic mass is 10.2. The fourth-order valence-electron chi connectivity index (χ4n) is 2.00. The molecule has 0 radical (unpaired) electrons. The Bertz CT molecular complexity index is 672. The van der Waals surface area contributed by atoms with E-state index in [1.165, 1.54) is 6.07 Å². The van der Waals surface area contributed by atoms with Crippen molar-refractivity contribution in [2.75, 3.05) is 36.2 Å². The molecule has 0 saturated heterocycles. The molecular formula is C17H19F2N3O. The zero-order valence-electron chi connectivity index (χ0n) is 13.1. The molecule has 0 aliphatic carbocycles. The molecule has 0 spiro atoms. The van der Waals surface area contributed by atoms with E-state index in [2.05, 4.69) is 10.6 Å². The average Bonchev–Trinajstić information content (AvgIpc) is 2.51. The quantitative estimate of drug-likeness (QED) is 0.857. The van der Waals surface area contributed by atoms with Crippen LogP contribution >= 0.6 is 0 Å². The third kappa shape index (κ3) is 4.95. The standard InChI is InChI=1S/C17H19F2N3O/c1-22(2)14-6-3-12(4-7-14)20-10-9-17(23)21-13-5-8-15(18)16(19)11-13/h3-8,11,20H,9-10H2,1-2H3,(H,21,23). The molecule has 0 atom stereocenters. The van der Waals surface area contributed by atoms with Crippen molar-refractivity contribution in [3.63, 3.8) is 0 Å². The van der Waals surface area contributed by atoms with E-state index in [0.29, 0.717) is 6.54 Å². The van der Waals surface area contributed by atoms with E-state index < -0.39 is 11.6 Å². The van der Waals surface area contributed by atoms with E-state index in [9.17, 15) is 13.6 Å². The molecule has 2 aromatic rings. The van der Waals surface area contributed by atoms with Gasteiger partial charge >= 0.3 is 0 Å². The van der Waals surface area contributed by atoms with Crippen LogP contribution in [0.4, 0.5) is 25.8 Å². The average molecular weight is 319 g/mol. The molecule has 0 bridgehead atoms. The van der Waals surface area contributed by atoms with Crippen LogP contribution < -0.4 is 15.5 Å². The van der Waals surface area contributed by atoms with Crippen LogP contribution in [0.2, 0.25) is 0 Å². The van der Waals surface area contributed by atoms with Gasteiger partial charge in [-0.25, -0.2) is 8.78 Å². The van der Waals surface area contributed by atoms with E-state index >= 15 is 0 Å². The Morgan fingerprint density at radius 1 is 1.00 bits per heavy atom. The summed E-state index contributed by atoms with van der Waals surface area (Å²) in [6.07, 6.45) is 0.217. The van der Waals surface area contributed by atoms with Crippen molar-refractivity contribution in [3.05, 3.63) is 54.1 Å². The molecule has 0 unspecified atom stereocenters. The first-order valence-corrected chi connectivity index (χ1v) is 7.22. The molecular weight excluding hydrogens is 300 g/mol. The van der Waals surface area contributed by atoms with Crippen LogP contribution in [0.15, 0.2) is 42.5 Å². The topological polar surface area (TPSA) is 44.4 Å². The smallest absolute Gasteiger partial charge is 0.226 e. The molecule has 23 heavy (non-hydrogen) atoms. The van der Waals surface area contributed by atoms with Crippen LogP contribution in [-0.2, 0) is 4.79 Å². The van der Waals surface area contributed by atoms with Gasteiger partial charge in [0.1, 0.15) is 0 Å². The number of nitrogens with zero attached hydrogens (tertiary/aromatic N) is 1. The third-order valence-corrected chi connectivity index (χ3v) is 3.27. The van der Waals surface area contributed by atoms with Crippen LogP contribution in [0.5, 0.6) is 0 Å². The van der Waals surface area contributed by atoms with Crippen LogP contribution in [-0.4, -0.2) is 26.5 Å². The van der Waals surface area contributed by atoms with Crippen LogP contribution in [0, 0.1) is 11.6 Å². The van der Waals surface area contributed by atoms with Gasteiger partial charge in [0.25, 0.3) is 0 Å². The predicted molar refractivity (Wildman–Crippen MR) is 88.9 cm³/mol. The zero-order chi connectivity index (χ0) is 16.8. The van der Waals surface area contributed by atoms with Gasteiger partial charge in [-0.15, -0.1) is 0 Å². The molecule has 0 aromatic heterocycles. The summed E-state index contributed by atoms with van der Waals surface area (Å²) in [6.45, 7) is 0.441. The SMILES string of the molecule is CN(C)c1ccc(NCCC(=O)Nc2ccc(F)c(F)c2)cc1. The number of benzene rings is 2. The Balaban J connectivity index is 1.79. The van der Waals surface area contributed by atoms with Gasteiger partial charge < -0.3 is 15.5 Å². The molecule has 0 aliphatic rings. The second-order valence-corrected chi connectivity index (χ2v) is 5.30. The molecule has 4 nitrogen and oxygen atoms in total. The highest BCUT2D eigenvalue weighted by atomic mass is 19.2. The summed E-state index contributed by atoms with van der Waals surface area (Å²) in [5.41, 5.74) is 2.24. The van der Waals surface area contributed by atoms with Crippen molar-refractivity contribution in [2.45, 2.75) is 6.42 Å². The maximum absolute atomic E-state index is 13.1. The highest BCUT2D eigenvalue weighted by Gasteiger charge is 2.06. The summed E-state index contributed by atoms with van der Waals surface area (Å²) in [4.78, 5) is 13.8. The van der Waals surface area contributed by atoms with Gasteiger partial charge in [-0.3, -0.25) is 4.79 Å². The summed E-state index contributed by atoms with van der Waals surface area (Å²) in [7, 11) is 3.93. The van der Waals surface area contributed by atoms with Crippen molar-refractivity contribution in [1.29, 1.82) is 0 Å². The van der Waals surface area contributed by atoms with Gasteiger partial charge in [-0.2, -0.15) is 0 Å². The fraction of sp³-hybridized carbons (Fsp3) is 0.235. The van der Waals surface area contributed by atoms with Crippen molar-refractivity contribution >= 4 is 23.0 Å². The van der Waals surface area contributed by atoms with Crippen LogP contribution in [0.3, 0.4) is 0 Å². The van der Waals surface area contributed by atoms with Gasteiger partial charge in [-0.05, 0) is 36.4 Å². The van der Waals surface area contributed by atoms with E-state index in [-0.39, 0.29) is 18.0 Å². The highest BCUT2D eigenvalue weighted by molar-refractivity contribution is 5.90. The number of anilines is 3. The first-order valence-electron chi connectivity index (χ1n) is 7.22. The molecule has 0 saturated carbocycles. The summed E-state index contributed by atoms with van der Waals surface area (Å²) in [5.74, 6) is -2.19. The zero-order valence-corrected chi connectivity index (χ0v) is 13.1. The van der Waals surface area contributed by atoms with Gasteiger partial charge in [0.15, 0.2) is 11.6 Å². The second-order valence-electron chi connectivity index (χ2n) is 5.30. The van der Waals surface area contributed by atoms with Crippen molar-refractivity contribution < 1.29 is 13.6 Å². The minimum Gasteiger partial charge on any atom is -0.385 e. The van der Waals surface area contributed by atoms with Crippen LogP contribution in [0.1, 0.15) is 6.42 Å². The Hall–Kier alpha value is -2.63. The minimum atomic E-state index is -0.984. The third-order valence-electron chi connectivity index (χ3n) is 3.27. The molecule has 0 aliphatic heterocycles. The number of halogens is 2. The fourth-order valence-corrected chi connectivity index (χ4v) is 2.00. The van der Waals surface area contributed by atoms with Crippen molar-refractivity contribution in [3.8, 4) is 0 Å². The Kier molecular flexibility index (Phi) is 5.51. The van der Waals surface area contributed by atoms with E-state index in [1.54, 1.807) is 0 Å². The Morgan fingerprint density at radius 2 is 1.65 bits per heavy atom. The molecule has 0 fully saturated rings. The van der Waals surface area contributed by atoms with Crippen molar-refractivity contribution in [2.24, 2.45) is 0 Å². The van der Waals surface area contributed by atoms with E-state index in [0.717, 1.165) is 23.5 Å². The molecule has 6 heteroatoms. The molecule has 1 amide bonds. The first kappa shape index (κ1) is 16.7. The number of nitrogens with one attached hydrogen (secondary N) is 2. The summed E-state index contributed by atoms with van der Waals surface area (Å²) in [5, 5.41) is 5.66. The second kappa shape index (κ2) is 7.58. The number of hydrogen-bond acceptors (Lipinski definition) is 3. The van der Waals surface area contributed by atoms with E-state index in [1.807, 2.05) is 43.3 Å². The molecule has 122 valence electrons. The Labute approximate surface area is 134 Å². The first-order chi connectivity index (χ1) is 11.0. The predicted octanol–water partition coefficient (Wildman–Crippen LogP) is 3.47. The minimum absolute atomic E-state index is 0.217. The summed E-state index contributed by atoms with van der Waals surface area (Å²) in [6, 6.07) is 11.1.